The number of hydrogen-bond donors (Lipinski definition) is 3. The molecular formula is C12H17ClN2O2. The monoisotopic (exact) mass is 256 g/mol. The summed E-state index contributed by atoms with van der Waals surface area (Å²) in [7, 11) is 0. The van der Waals surface area contributed by atoms with E-state index in [0.717, 1.165) is 0 Å². The van der Waals surface area contributed by atoms with Gasteiger partial charge in [-0.15, -0.1) is 12.4 Å². The van der Waals surface area contributed by atoms with Crippen molar-refractivity contribution in [2.24, 2.45) is 11.1 Å². The van der Waals surface area contributed by atoms with Crippen LogP contribution in [0, 0.1) is 16.7 Å². The fourth-order valence-electron chi connectivity index (χ4n) is 1.42. The van der Waals surface area contributed by atoms with E-state index in [0.29, 0.717) is 5.56 Å². The molecule has 0 saturated carbocycles. The van der Waals surface area contributed by atoms with Crippen molar-refractivity contribution in [3.8, 4) is 11.8 Å². The number of hydrogen-bond acceptors (Lipinski definition) is 4. The van der Waals surface area contributed by atoms with Gasteiger partial charge in [0.15, 0.2) is 0 Å². The minimum absolute atomic E-state index is 0. The molecule has 0 amide bonds. The first-order valence-corrected chi connectivity index (χ1v) is 5.02. The molecule has 4 N–H and O–H groups in total. The maximum atomic E-state index is 9.83. The van der Waals surface area contributed by atoms with Gasteiger partial charge in [0.05, 0.1) is 5.56 Å². The van der Waals surface area contributed by atoms with Crippen LogP contribution < -0.4 is 5.73 Å². The standard InChI is InChI=1S/C12H16N2O2.ClH/c1-12(2,7-15)11(14)9-5-3-4-8(6-13)10(9)16;/h3-5,11,15-16H,7,14H2,1-2H3;1H/t11-;/m0./s1. The molecule has 0 unspecified atom stereocenters. The Bertz CT molecular complexity index is 427. The van der Waals surface area contributed by atoms with Gasteiger partial charge in [-0.05, 0) is 6.07 Å². The van der Waals surface area contributed by atoms with Crippen LogP contribution in [0.15, 0.2) is 18.2 Å². The molecule has 0 aliphatic carbocycles. The summed E-state index contributed by atoms with van der Waals surface area (Å²) in [5.74, 6) is -0.0981. The van der Waals surface area contributed by atoms with Crippen LogP contribution in [0.25, 0.3) is 0 Å². The van der Waals surface area contributed by atoms with Crippen molar-refractivity contribution in [3.05, 3.63) is 29.3 Å². The number of benzene rings is 1. The lowest BCUT2D eigenvalue weighted by Gasteiger charge is -2.30. The van der Waals surface area contributed by atoms with E-state index < -0.39 is 11.5 Å². The molecule has 1 aromatic carbocycles. The molecule has 0 fully saturated rings. The van der Waals surface area contributed by atoms with Crippen LogP contribution in [0.2, 0.25) is 0 Å². The fraction of sp³-hybridized carbons (Fsp3) is 0.417. The molecule has 0 heterocycles. The Hall–Kier alpha value is -1.28. The highest BCUT2D eigenvalue weighted by Gasteiger charge is 2.29. The van der Waals surface area contributed by atoms with Gasteiger partial charge in [0.1, 0.15) is 11.8 Å². The van der Waals surface area contributed by atoms with Gasteiger partial charge in [-0.3, -0.25) is 0 Å². The van der Waals surface area contributed by atoms with Crippen LogP contribution in [0.4, 0.5) is 0 Å². The van der Waals surface area contributed by atoms with E-state index in [4.69, 9.17) is 11.0 Å². The predicted octanol–water partition coefficient (Wildman–Crippen LogP) is 1.70. The summed E-state index contributed by atoms with van der Waals surface area (Å²) in [5.41, 5.74) is 6.11. The zero-order valence-electron chi connectivity index (χ0n) is 9.84. The summed E-state index contributed by atoms with van der Waals surface area (Å²) < 4.78 is 0. The highest BCUT2D eigenvalue weighted by molar-refractivity contribution is 5.85. The van der Waals surface area contributed by atoms with E-state index in [9.17, 15) is 10.2 Å². The Morgan fingerprint density at radius 3 is 2.53 bits per heavy atom. The van der Waals surface area contributed by atoms with Gasteiger partial charge in [0, 0.05) is 23.6 Å². The maximum absolute atomic E-state index is 9.83. The Morgan fingerprint density at radius 1 is 1.47 bits per heavy atom. The normalized spacial score (nSPS) is 12.4. The van der Waals surface area contributed by atoms with Crippen molar-refractivity contribution in [2.75, 3.05) is 6.61 Å². The molecule has 0 saturated heterocycles. The Labute approximate surface area is 107 Å². The smallest absolute Gasteiger partial charge is 0.138 e. The average Bonchev–Trinajstić information content (AvgIpc) is 2.28. The summed E-state index contributed by atoms with van der Waals surface area (Å²) in [6, 6.07) is 6.23. The van der Waals surface area contributed by atoms with Crippen molar-refractivity contribution < 1.29 is 10.2 Å². The lowest BCUT2D eigenvalue weighted by atomic mass is 9.81. The van der Waals surface area contributed by atoms with Crippen LogP contribution >= 0.6 is 12.4 Å². The summed E-state index contributed by atoms with van der Waals surface area (Å²) in [5, 5.41) is 27.8. The van der Waals surface area contributed by atoms with E-state index in [1.807, 2.05) is 6.07 Å². The third kappa shape index (κ3) is 3.10. The van der Waals surface area contributed by atoms with Gasteiger partial charge >= 0.3 is 0 Å². The van der Waals surface area contributed by atoms with Crippen molar-refractivity contribution in [1.82, 2.24) is 0 Å². The van der Waals surface area contributed by atoms with Gasteiger partial charge in [-0.2, -0.15) is 5.26 Å². The summed E-state index contributed by atoms with van der Waals surface area (Å²) >= 11 is 0. The minimum Gasteiger partial charge on any atom is -0.506 e. The van der Waals surface area contributed by atoms with Crippen molar-refractivity contribution >= 4 is 12.4 Å². The molecule has 1 aromatic rings. The number of nitrogens with two attached hydrogens (primary N) is 1. The zero-order chi connectivity index (χ0) is 12.3. The quantitative estimate of drug-likeness (QED) is 0.768. The third-order valence-electron chi connectivity index (χ3n) is 2.77. The minimum atomic E-state index is -0.550. The van der Waals surface area contributed by atoms with Crippen molar-refractivity contribution in [3.63, 3.8) is 0 Å². The molecule has 0 aromatic heterocycles. The van der Waals surface area contributed by atoms with Crippen LogP contribution in [0.3, 0.4) is 0 Å². The van der Waals surface area contributed by atoms with Crippen LogP contribution in [-0.2, 0) is 0 Å². The number of halogens is 1. The second-order valence-corrected chi connectivity index (χ2v) is 4.48. The van der Waals surface area contributed by atoms with E-state index in [-0.39, 0.29) is 30.3 Å². The number of rotatable bonds is 3. The molecule has 0 aliphatic heterocycles. The molecule has 0 spiro atoms. The van der Waals surface area contributed by atoms with Crippen LogP contribution in [-0.4, -0.2) is 16.8 Å². The number of phenols is 1. The second kappa shape index (κ2) is 5.87. The largest absolute Gasteiger partial charge is 0.506 e. The first-order valence-electron chi connectivity index (χ1n) is 5.02. The van der Waals surface area contributed by atoms with Gasteiger partial charge < -0.3 is 15.9 Å². The lowest BCUT2D eigenvalue weighted by Crippen LogP contribution is -2.32. The second-order valence-electron chi connectivity index (χ2n) is 4.48. The number of nitriles is 1. The molecule has 5 heteroatoms. The van der Waals surface area contributed by atoms with Crippen molar-refractivity contribution in [1.29, 1.82) is 5.26 Å². The number of nitrogens with zero attached hydrogens (tertiary/aromatic N) is 1. The molecule has 0 radical (unpaired) electrons. The molecule has 1 rings (SSSR count). The zero-order valence-corrected chi connectivity index (χ0v) is 10.7. The summed E-state index contributed by atoms with van der Waals surface area (Å²) in [4.78, 5) is 0. The molecular weight excluding hydrogens is 240 g/mol. The SMILES string of the molecule is CC(C)(CO)[C@@H](N)c1cccc(C#N)c1O.Cl. The number of aromatic hydroxyl groups is 1. The fourth-order valence-corrected chi connectivity index (χ4v) is 1.42. The van der Waals surface area contributed by atoms with Gasteiger partial charge in [0.25, 0.3) is 0 Å². The maximum Gasteiger partial charge on any atom is 0.138 e. The number of phenolic OH excluding ortho intramolecular Hbond substituents is 1. The molecule has 1 atom stereocenters. The highest BCUT2D eigenvalue weighted by Crippen LogP contribution is 2.36. The van der Waals surface area contributed by atoms with Crippen LogP contribution in [0.5, 0.6) is 5.75 Å². The molecule has 4 nitrogen and oxygen atoms in total. The predicted molar refractivity (Wildman–Crippen MR) is 67.9 cm³/mol. The Balaban J connectivity index is 0.00000256. The van der Waals surface area contributed by atoms with Gasteiger partial charge in [-0.25, -0.2) is 0 Å². The number of aliphatic hydroxyl groups is 1. The first-order chi connectivity index (χ1) is 7.44. The summed E-state index contributed by atoms with van der Waals surface area (Å²) in [6.45, 7) is 3.51. The Kier molecular flexibility index (Phi) is 5.43. The summed E-state index contributed by atoms with van der Waals surface area (Å²) in [6.07, 6.45) is 0. The van der Waals surface area contributed by atoms with Crippen molar-refractivity contribution in [2.45, 2.75) is 19.9 Å². The number of para-hydroxylation sites is 1. The van der Waals surface area contributed by atoms with Gasteiger partial charge in [0.2, 0.25) is 0 Å². The highest BCUT2D eigenvalue weighted by atomic mass is 35.5. The van der Waals surface area contributed by atoms with Crippen LogP contribution in [0.1, 0.15) is 31.0 Å². The molecule has 17 heavy (non-hydrogen) atoms. The number of aliphatic hydroxyl groups excluding tert-OH is 1. The third-order valence-corrected chi connectivity index (χ3v) is 2.77. The molecule has 94 valence electrons. The van der Waals surface area contributed by atoms with E-state index in [1.54, 1.807) is 26.0 Å². The Morgan fingerprint density at radius 2 is 2.06 bits per heavy atom. The average molecular weight is 257 g/mol. The first kappa shape index (κ1) is 15.7. The van der Waals surface area contributed by atoms with E-state index >= 15 is 0 Å². The molecule has 0 aliphatic rings. The molecule has 0 bridgehead atoms. The topological polar surface area (TPSA) is 90.3 Å². The van der Waals surface area contributed by atoms with Gasteiger partial charge in [-0.1, -0.05) is 26.0 Å². The van der Waals surface area contributed by atoms with E-state index in [1.165, 1.54) is 6.07 Å². The van der Waals surface area contributed by atoms with E-state index in [2.05, 4.69) is 0 Å². The lowest BCUT2D eigenvalue weighted by molar-refractivity contribution is 0.131.